The minimum Gasteiger partial charge on any atom is -0.458 e. The van der Waals surface area contributed by atoms with Gasteiger partial charge in [-0.15, -0.1) is 0 Å². The lowest BCUT2D eigenvalue weighted by Crippen LogP contribution is -2.58. The molecule has 13 atom stereocenters. The van der Waals surface area contributed by atoms with Crippen molar-refractivity contribution in [2.45, 2.75) is 135 Å². The Hall–Kier alpha value is -5.07. The van der Waals surface area contributed by atoms with Crippen LogP contribution in [0.1, 0.15) is 84.5 Å². The molecule has 3 aliphatic heterocycles. The molecular weight excluding hydrogens is 849 g/mol. The molecule has 17 nitrogen and oxygen atoms in total. The summed E-state index contributed by atoms with van der Waals surface area (Å²) in [6, 6.07) is 11.4. The van der Waals surface area contributed by atoms with Crippen LogP contribution < -0.4 is 5.43 Å². The Bertz CT molecular complexity index is 2120. The van der Waals surface area contributed by atoms with Crippen molar-refractivity contribution in [3.05, 3.63) is 72.9 Å². The number of hydrogen-bond donors (Lipinski definition) is 1. The van der Waals surface area contributed by atoms with Gasteiger partial charge in [0.05, 0.1) is 48.0 Å². The van der Waals surface area contributed by atoms with E-state index in [1.165, 1.54) is 19.0 Å². The molecule has 0 radical (unpaired) electrons. The SMILES string of the molecule is CCC1OC(=O)C(C)C(=O)[C@H](C)[C@@H](OCC2O[C@H](C)CC(N(C)C)[C@H]2OC(=O)c2ccccc2)[C@@](C)(OC)C[C@@H](C)C(=O)[C@H](C)C2C1OC(=O)N2NCCCn1cnc(-c2cccnc2)c1. The number of ketones is 2. The van der Waals surface area contributed by atoms with Crippen LogP contribution in [0.2, 0.25) is 0 Å². The number of Topliss-reactive ketones (excluding diaryl/α,β-unsaturated/α-hetero) is 2. The van der Waals surface area contributed by atoms with E-state index in [0.717, 1.165) is 11.3 Å². The normalized spacial score (nSPS) is 32.4. The lowest BCUT2D eigenvalue weighted by molar-refractivity contribution is -0.202. The maximum Gasteiger partial charge on any atom is 0.425 e. The van der Waals surface area contributed by atoms with Gasteiger partial charge < -0.3 is 37.9 Å². The van der Waals surface area contributed by atoms with Crippen LogP contribution in [-0.2, 0) is 49.3 Å². The van der Waals surface area contributed by atoms with Crippen molar-refractivity contribution in [1.82, 2.24) is 29.9 Å². The summed E-state index contributed by atoms with van der Waals surface area (Å²) in [6.07, 6.45) is 3.26. The number of aromatic nitrogens is 3. The van der Waals surface area contributed by atoms with E-state index in [1.807, 2.05) is 54.9 Å². The zero-order chi connectivity index (χ0) is 47.9. The minimum atomic E-state index is -1.27. The molecule has 17 heteroatoms. The van der Waals surface area contributed by atoms with E-state index in [2.05, 4.69) is 15.4 Å². The molecule has 0 aliphatic carbocycles. The van der Waals surface area contributed by atoms with E-state index in [0.29, 0.717) is 31.5 Å². The molecule has 1 aromatic carbocycles. The highest BCUT2D eigenvalue weighted by Gasteiger charge is 2.54. The second-order valence-electron chi connectivity index (χ2n) is 18.6. The fourth-order valence-electron chi connectivity index (χ4n) is 9.79. The van der Waals surface area contributed by atoms with Crippen molar-refractivity contribution >= 4 is 29.6 Å². The second kappa shape index (κ2) is 22.2. The van der Waals surface area contributed by atoms with Gasteiger partial charge in [-0.1, -0.05) is 45.9 Å². The van der Waals surface area contributed by atoms with Crippen molar-refractivity contribution in [3.63, 3.8) is 0 Å². The van der Waals surface area contributed by atoms with Crippen LogP contribution in [0.3, 0.4) is 0 Å². The lowest BCUT2D eigenvalue weighted by atomic mass is 9.75. The van der Waals surface area contributed by atoms with Gasteiger partial charge in [0.1, 0.15) is 36.1 Å². The van der Waals surface area contributed by atoms with Crippen molar-refractivity contribution < 1.29 is 52.4 Å². The number of pyridine rings is 1. The predicted octanol–water partition coefficient (Wildman–Crippen LogP) is 5.56. The first-order valence-electron chi connectivity index (χ1n) is 23.2. The van der Waals surface area contributed by atoms with E-state index in [-0.39, 0.29) is 37.4 Å². The third-order valence-corrected chi connectivity index (χ3v) is 13.6. The zero-order valence-corrected chi connectivity index (χ0v) is 40.0. The topological polar surface area (TPSA) is 190 Å². The van der Waals surface area contributed by atoms with E-state index in [9.17, 15) is 24.0 Å². The predicted molar refractivity (Wildman–Crippen MR) is 243 cm³/mol. The molecule has 0 saturated carbocycles. The van der Waals surface area contributed by atoms with Gasteiger partial charge in [-0.2, -0.15) is 0 Å². The number of hydrazine groups is 1. The molecule has 3 aliphatic rings. The fraction of sp³-hybridized carbons (Fsp3) is 0.612. The number of carbonyl (C=O) groups is 5. The highest BCUT2D eigenvalue weighted by atomic mass is 16.6. The van der Waals surface area contributed by atoms with E-state index < -0.39 is 89.6 Å². The first-order chi connectivity index (χ1) is 31.5. The van der Waals surface area contributed by atoms with Gasteiger partial charge in [0, 0.05) is 62.1 Å². The monoisotopic (exact) mass is 916 g/mol. The molecule has 2 aromatic heterocycles. The Morgan fingerprint density at radius 1 is 0.970 bits per heavy atom. The molecule has 6 unspecified atom stereocenters. The number of amides is 1. The smallest absolute Gasteiger partial charge is 0.425 e. The molecule has 1 amide bonds. The molecule has 6 rings (SSSR count). The molecule has 360 valence electrons. The summed E-state index contributed by atoms with van der Waals surface area (Å²) in [7, 11) is 5.34. The number of carbonyl (C=O) groups excluding carboxylic acids is 5. The first-order valence-corrected chi connectivity index (χ1v) is 23.2. The van der Waals surface area contributed by atoms with Gasteiger partial charge in [-0.05, 0) is 84.8 Å². The standard InChI is InChI=1S/C49H68N6O11/c1-11-38-44-40(55(48(60)66-44)52-21-16-22-54-26-36(51-28-54)35-19-15-20-50-25-35)31(4)41(56)29(2)24-49(7,61-10)45(32(5)42(57)33(6)46(58)64-38)62-27-39-43(37(53(8)9)23-30(3)63-39)65-47(59)34-17-13-12-14-18-34/h12-15,17-20,25-26,28-33,37-40,43-45,52H,11,16,21-24,27H2,1-10H3/t29-,30-,31-,32+,33?,37?,38?,39?,40?,43-,44?,45-,49+/m1/s1. The van der Waals surface area contributed by atoms with E-state index in [1.54, 1.807) is 77.6 Å². The number of likely N-dealkylation sites (N-methyl/N-ethyl adjacent to an activating group) is 1. The van der Waals surface area contributed by atoms with Gasteiger partial charge in [-0.25, -0.2) is 25.0 Å². The number of nitrogens with zero attached hydrogens (tertiary/aromatic N) is 5. The molecular formula is C49H68N6O11. The van der Waals surface area contributed by atoms with E-state index >= 15 is 0 Å². The molecule has 0 spiro atoms. The molecule has 1 N–H and O–H groups in total. The zero-order valence-electron chi connectivity index (χ0n) is 40.0. The van der Waals surface area contributed by atoms with Gasteiger partial charge in [0.15, 0.2) is 11.9 Å². The quantitative estimate of drug-likeness (QED) is 0.0915. The van der Waals surface area contributed by atoms with E-state index in [4.69, 9.17) is 28.4 Å². The van der Waals surface area contributed by atoms with Crippen LogP contribution in [0, 0.1) is 23.7 Å². The third-order valence-electron chi connectivity index (χ3n) is 13.6. The average Bonchev–Trinajstić information content (AvgIpc) is 3.93. The number of methoxy groups -OCH3 is 1. The van der Waals surface area contributed by atoms with Crippen molar-refractivity contribution in [3.8, 4) is 11.3 Å². The number of aryl methyl sites for hydroxylation is 1. The number of fused-ring (bicyclic) bond motifs is 1. The summed E-state index contributed by atoms with van der Waals surface area (Å²) >= 11 is 0. The Morgan fingerprint density at radius 3 is 2.38 bits per heavy atom. The number of rotatable bonds is 14. The summed E-state index contributed by atoms with van der Waals surface area (Å²) in [5, 5.41) is 1.35. The Balaban J connectivity index is 1.24. The van der Waals surface area contributed by atoms with Crippen LogP contribution in [0.15, 0.2) is 67.4 Å². The van der Waals surface area contributed by atoms with Crippen LogP contribution in [0.25, 0.3) is 11.3 Å². The van der Waals surface area contributed by atoms with Crippen molar-refractivity contribution in [1.29, 1.82) is 0 Å². The third kappa shape index (κ3) is 11.4. The number of esters is 2. The molecule has 3 saturated heterocycles. The van der Waals surface area contributed by atoms with Gasteiger partial charge >= 0.3 is 18.0 Å². The molecule has 0 bridgehead atoms. The van der Waals surface area contributed by atoms with Crippen LogP contribution in [0.4, 0.5) is 4.79 Å². The van der Waals surface area contributed by atoms with Gasteiger partial charge in [-0.3, -0.25) is 19.4 Å². The summed E-state index contributed by atoms with van der Waals surface area (Å²) in [4.78, 5) is 81.1. The van der Waals surface area contributed by atoms with Crippen LogP contribution >= 0.6 is 0 Å². The minimum absolute atomic E-state index is 0.103. The number of hydrogen-bond acceptors (Lipinski definition) is 15. The Kier molecular flexibility index (Phi) is 16.9. The van der Waals surface area contributed by atoms with Crippen molar-refractivity contribution in [2.24, 2.45) is 23.7 Å². The molecule has 66 heavy (non-hydrogen) atoms. The maximum absolute atomic E-state index is 14.7. The second-order valence-corrected chi connectivity index (χ2v) is 18.6. The van der Waals surface area contributed by atoms with Crippen LogP contribution in [0.5, 0.6) is 0 Å². The Labute approximate surface area is 388 Å². The number of ether oxygens (including phenoxy) is 6. The molecule has 3 aromatic rings. The first kappa shape index (κ1) is 50.3. The largest absolute Gasteiger partial charge is 0.458 e. The number of imidazole rings is 1. The number of benzene rings is 1. The lowest BCUT2D eigenvalue weighted by Gasteiger charge is -2.45. The molecule has 5 heterocycles. The highest BCUT2D eigenvalue weighted by Crippen LogP contribution is 2.38. The van der Waals surface area contributed by atoms with Crippen LogP contribution in [-0.4, -0.2) is 143 Å². The summed E-state index contributed by atoms with van der Waals surface area (Å²) in [6.45, 7) is 13.1. The number of cyclic esters (lactones) is 1. The summed E-state index contributed by atoms with van der Waals surface area (Å²) in [5.41, 5.74) is 4.02. The number of nitrogens with one attached hydrogen (secondary N) is 1. The average molecular weight is 917 g/mol. The summed E-state index contributed by atoms with van der Waals surface area (Å²) in [5.74, 6) is -5.60. The van der Waals surface area contributed by atoms with Crippen molar-refractivity contribution in [2.75, 3.05) is 34.4 Å². The highest BCUT2D eigenvalue weighted by molar-refractivity contribution is 6.00. The molecule has 3 fully saturated rings. The van der Waals surface area contributed by atoms with Gasteiger partial charge in [0.25, 0.3) is 0 Å². The summed E-state index contributed by atoms with van der Waals surface area (Å²) < 4.78 is 39.6. The maximum atomic E-state index is 14.7. The fourth-order valence-corrected chi connectivity index (χ4v) is 9.79. The Morgan fingerprint density at radius 2 is 1.71 bits per heavy atom. The van der Waals surface area contributed by atoms with Gasteiger partial charge in [0.2, 0.25) is 0 Å².